The van der Waals surface area contributed by atoms with Crippen molar-refractivity contribution in [3.8, 4) is 28.3 Å². The second-order valence-electron chi connectivity index (χ2n) is 7.44. The zero-order chi connectivity index (χ0) is 22.9. The van der Waals surface area contributed by atoms with Gasteiger partial charge in [0.25, 0.3) is 0 Å². The van der Waals surface area contributed by atoms with Gasteiger partial charge in [-0.2, -0.15) is 4.39 Å². The van der Waals surface area contributed by atoms with E-state index in [1.54, 1.807) is 6.92 Å². The van der Waals surface area contributed by atoms with E-state index >= 15 is 0 Å². The van der Waals surface area contributed by atoms with Crippen LogP contribution in [0.2, 0.25) is 0 Å². The van der Waals surface area contributed by atoms with Gasteiger partial charge >= 0.3 is 0 Å². The van der Waals surface area contributed by atoms with E-state index in [1.165, 1.54) is 30.6 Å². The molecule has 0 aliphatic rings. The molecule has 0 saturated heterocycles. The number of hydrogen-bond donors (Lipinski definition) is 1. The minimum atomic E-state index is -1.05. The molecule has 3 aromatic rings. The highest BCUT2D eigenvalue weighted by Crippen LogP contribution is 2.30. The number of allylic oxidation sites excluding steroid dienone is 1. The van der Waals surface area contributed by atoms with E-state index in [-0.39, 0.29) is 24.0 Å². The highest BCUT2D eigenvalue weighted by molar-refractivity contribution is 5.66. The average Bonchev–Trinajstić information content (AvgIpc) is 2.80. The van der Waals surface area contributed by atoms with Crippen molar-refractivity contribution in [1.82, 2.24) is 9.97 Å². The monoisotopic (exact) mass is 436 g/mol. The molecule has 0 saturated carbocycles. The van der Waals surface area contributed by atoms with Crippen molar-refractivity contribution >= 4 is 6.08 Å². The summed E-state index contributed by atoms with van der Waals surface area (Å²) in [5, 5.41) is 9.28. The van der Waals surface area contributed by atoms with Crippen LogP contribution in [0, 0.1) is 11.6 Å². The molecule has 166 valence electrons. The zero-order valence-electron chi connectivity index (χ0n) is 18.0. The van der Waals surface area contributed by atoms with Crippen LogP contribution in [0.3, 0.4) is 0 Å². The topological polar surface area (TPSA) is 55.2 Å². The molecule has 1 N–H and O–H groups in total. The SMILES string of the molecule is C=CCOc1ccc(-c2cnc(-c3ccc(C=CCCCC(C)O)cc3)nc2)c(F)c1F. The first-order valence-corrected chi connectivity index (χ1v) is 10.5. The van der Waals surface area contributed by atoms with Gasteiger partial charge < -0.3 is 9.84 Å². The van der Waals surface area contributed by atoms with E-state index in [9.17, 15) is 13.9 Å². The molecule has 6 heteroatoms. The number of ether oxygens (including phenoxy) is 1. The first-order valence-electron chi connectivity index (χ1n) is 10.5. The number of aromatic nitrogens is 2. The maximum absolute atomic E-state index is 14.5. The highest BCUT2D eigenvalue weighted by atomic mass is 19.2. The number of halogens is 2. The largest absolute Gasteiger partial charge is 0.486 e. The number of nitrogens with zero attached hydrogens (tertiary/aromatic N) is 2. The second kappa shape index (κ2) is 11.3. The summed E-state index contributed by atoms with van der Waals surface area (Å²) < 4.78 is 33.8. The third kappa shape index (κ3) is 6.08. The summed E-state index contributed by atoms with van der Waals surface area (Å²) in [6, 6.07) is 10.6. The van der Waals surface area contributed by atoms with E-state index in [0.29, 0.717) is 11.4 Å². The van der Waals surface area contributed by atoms with Crippen molar-refractivity contribution in [2.75, 3.05) is 6.61 Å². The normalized spacial score (nSPS) is 12.1. The van der Waals surface area contributed by atoms with E-state index in [4.69, 9.17) is 4.74 Å². The van der Waals surface area contributed by atoms with Crippen LogP contribution in [0.15, 0.2) is 67.5 Å². The molecule has 0 fully saturated rings. The molecule has 0 aliphatic heterocycles. The van der Waals surface area contributed by atoms with E-state index in [2.05, 4.69) is 22.6 Å². The maximum Gasteiger partial charge on any atom is 0.201 e. The van der Waals surface area contributed by atoms with Crippen LogP contribution in [-0.2, 0) is 0 Å². The maximum atomic E-state index is 14.5. The van der Waals surface area contributed by atoms with Crippen molar-refractivity contribution in [1.29, 1.82) is 0 Å². The van der Waals surface area contributed by atoms with Gasteiger partial charge in [0.2, 0.25) is 5.82 Å². The fourth-order valence-corrected chi connectivity index (χ4v) is 3.12. The van der Waals surface area contributed by atoms with E-state index in [1.807, 2.05) is 30.3 Å². The average molecular weight is 437 g/mol. The lowest BCUT2D eigenvalue weighted by Gasteiger charge is -2.09. The van der Waals surface area contributed by atoms with Crippen LogP contribution in [0.5, 0.6) is 5.75 Å². The molecule has 2 aromatic carbocycles. The van der Waals surface area contributed by atoms with Gasteiger partial charge in [-0.1, -0.05) is 49.1 Å². The summed E-state index contributed by atoms with van der Waals surface area (Å²) in [5.74, 6) is -1.73. The predicted octanol–water partition coefficient (Wildman–Crippen LogP) is 6.22. The Morgan fingerprint density at radius 2 is 1.75 bits per heavy atom. The Labute approximate surface area is 186 Å². The van der Waals surface area contributed by atoms with Gasteiger partial charge in [0.1, 0.15) is 6.61 Å². The molecule has 0 radical (unpaired) electrons. The Kier molecular flexibility index (Phi) is 8.22. The summed E-state index contributed by atoms with van der Waals surface area (Å²) in [6.07, 6.45) is 10.9. The molecular weight excluding hydrogens is 410 g/mol. The molecule has 0 aliphatic carbocycles. The van der Waals surface area contributed by atoms with Gasteiger partial charge in [-0.25, -0.2) is 14.4 Å². The van der Waals surface area contributed by atoms with E-state index in [0.717, 1.165) is 30.4 Å². The number of unbranched alkanes of at least 4 members (excludes halogenated alkanes) is 1. The number of aliphatic hydroxyl groups is 1. The fraction of sp³-hybridized carbons (Fsp3) is 0.231. The van der Waals surface area contributed by atoms with Crippen LogP contribution in [0.25, 0.3) is 28.6 Å². The number of rotatable bonds is 10. The molecule has 1 atom stereocenters. The molecule has 0 bridgehead atoms. The van der Waals surface area contributed by atoms with Gasteiger partial charge in [0, 0.05) is 29.1 Å². The Hall–Kier alpha value is -3.38. The third-order valence-corrected chi connectivity index (χ3v) is 4.84. The van der Waals surface area contributed by atoms with Crippen LogP contribution in [0.4, 0.5) is 8.78 Å². The molecule has 1 unspecified atom stereocenters. The molecule has 1 heterocycles. The van der Waals surface area contributed by atoms with Crippen molar-refractivity contribution in [3.63, 3.8) is 0 Å². The first-order chi connectivity index (χ1) is 15.5. The summed E-state index contributed by atoms with van der Waals surface area (Å²) in [5.41, 5.74) is 2.31. The van der Waals surface area contributed by atoms with Gasteiger partial charge in [-0.15, -0.1) is 0 Å². The molecule has 4 nitrogen and oxygen atoms in total. The zero-order valence-corrected chi connectivity index (χ0v) is 18.0. The number of benzene rings is 2. The Bertz CT molecular complexity index is 1060. The first kappa shape index (κ1) is 23.3. The standard InChI is InChI=1S/C26H26F2N2O2/c1-3-15-32-23-14-13-22(24(27)25(23)28)21-16-29-26(30-17-21)20-11-9-19(10-12-20)8-6-4-5-7-18(2)31/h3,6,8-14,16-18,31H,1,4-5,7,15H2,2H3. The Morgan fingerprint density at radius 3 is 2.41 bits per heavy atom. The van der Waals surface area contributed by atoms with Gasteiger partial charge in [0.15, 0.2) is 17.4 Å². The summed E-state index contributed by atoms with van der Waals surface area (Å²) in [4.78, 5) is 8.63. The summed E-state index contributed by atoms with van der Waals surface area (Å²) in [6.45, 7) is 5.37. The second-order valence-corrected chi connectivity index (χ2v) is 7.44. The number of aliphatic hydroxyl groups excluding tert-OH is 1. The lowest BCUT2D eigenvalue weighted by atomic mass is 10.1. The fourth-order valence-electron chi connectivity index (χ4n) is 3.12. The van der Waals surface area contributed by atoms with Crippen LogP contribution in [-0.4, -0.2) is 27.8 Å². The van der Waals surface area contributed by atoms with Crippen molar-refractivity contribution < 1.29 is 18.6 Å². The van der Waals surface area contributed by atoms with Crippen molar-refractivity contribution in [2.45, 2.75) is 32.3 Å². The molecule has 32 heavy (non-hydrogen) atoms. The van der Waals surface area contributed by atoms with E-state index < -0.39 is 11.6 Å². The quantitative estimate of drug-likeness (QED) is 0.303. The summed E-state index contributed by atoms with van der Waals surface area (Å²) >= 11 is 0. The molecule has 0 spiro atoms. The molecule has 1 aromatic heterocycles. The van der Waals surface area contributed by atoms with Crippen LogP contribution < -0.4 is 4.74 Å². The lowest BCUT2D eigenvalue weighted by molar-refractivity contribution is 0.182. The molecule has 3 rings (SSSR count). The summed E-state index contributed by atoms with van der Waals surface area (Å²) in [7, 11) is 0. The minimum Gasteiger partial charge on any atom is -0.486 e. The predicted molar refractivity (Wildman–Crippen MR) is 123 cm³/mol. The Morgan fingerprint density at radius 1 is 1.03 bits per heavy atom. The van der Waals surface area contributed by atoms with Gasteiger partial charge in [-0.05, 0) is 43.9 Å². The molecular formula is C26H26F2N2O2. The van der Waals surface area contributed by atoms with Crippen molar-refractivity contribution in [2.24, 2.45) is 0 Å². The Balaban J connectivity index is 1.69. The highest BCUT2D eigenvalue weighted by Gasteiger charge is 2.16. The third-order valence-electron chi connectivity index (χ3n) is 4.84. The molecule has 0 amide bonds. The number of hydrogen-bond acceptors (Lipinski definition) is 4. The minimum absolute atomic E-state index is 0.0658. The van der Waals surface area contributed by atoms with Crippen molar-refractivity contribution in [3.05, 3.63) is 84.7 Å². The van der Waals surface area contributed by atoms with Gasteiger partial charge in [0.05, 0.1) is 6.10 Å². The van der Waals surface area contributed by atoms with Gasteiger partial charge in [-0.3, -0.25) is 0 Å². The van der Waals surface area contributed by atoms with Crippen LogP contribution in [0.1, 0.15) is 31.7 Å². The smallest absolute Gasteiger partial charge is 0.201 e. The lowest BCUT2D eigenvalue weighted by Crippen LogP contribution is -2.00. The van der Waals surface area contributed by atoms with Crippen LogP contribution >= 0.6 is 0 Å².